The number of fused-ring (bicyclic) bond motifs is 2. The SMILES string of the molecule is COc1ccccc1NC(=S)N(Cc1cccs1)Cc1cc2cc3c(cc2[nH]c1=O)OCCO3. The number of aromatic amines is 1. The van der Waals surface area contributed by atoms with Gasteiger partial charge < -0.3 is 29.4 Å². The van der Waals surface area contributed by atoms with Crippen molar-refractivity contribution in [3.63, 3.8) is 0 Å². The van der Waals surface area contributed by atoms with E-state index in [0.29, 0.717) is 59.7 Å². The van der Waals surface area contributed by atoms with Crippen molar-refractivity contribution in [2.24, 2.45) is 0 Å². The first kappa shape index (κ1) is 22.2. The third-order valence-corrected chi connectivity index (χ3v) is 6.73. The van der Waals surface area contributed by atoms with Gasteiger partial charge in [-0.3, -0.25) is 4.79 Å². The van der Waals surface area contributed by atoms with Crippen molar-refractivity contribution in [3.05, 3.63) is 80.8 Å². The minimum absolute atomic E-state index is 0.166. The molecule has 0 spiro atoms. The van der Waals surface area contributed by atoms with E-state index >= 15 is 0 Å². The summed E-state index contributed by atoms with van der Waals surface area (Å²) < 4.78 is 16.8. The average molecular weight is 494 g/mol. The van der Waals surface area contributed by atoms with E-state index in [1.165, 1.54) is 0 Å². The second-order valence-electron chi connectivity index (χ2n) is 7.77. The largest absolute Gasteiger partial charge is 0.495 e. The van der Waals surface area contributed by atoms with E-state index in [0.717, 1.165) is 16.0 Å². The zero-order chi connectivity index (χ0) is 23.5. The molecular formula is C25H23N3O4S2. The molecule has 1 aliphatic rings. The summed E-state index contributed by atoms with van der Waals surface area (Å²) in [5, 5.41) is 6.68. The number of anilines is 1. The molecule has 0 radical (unpaired) electrons. The molecule has 0 aliphatic carbocycles. The molecular weight excluding hydrogens is 470 g/mol. The van der Waals surface area contributed by atoms with Gasteiger partial charge in [0.25, 0.3) is 5.56 Å². The van der Waals surface area contributed by atoms with Gasteiger partial charge in [-0.1, -0.05) is 18.2 Å². The molecule has 0 saturated carbocycles. The van der Waals surface area contributed by atoms with Crippen LogP contribution in [-0.2, 0) is 13.1 Å². The summed E-state index contributed by atoms with van der Waals surface area (Å²) in [6, 6.07) is 17.2. The third-order valence-electron chi connectivity index (χ3n) is 5.51. The fraction of sp³-hybridized carbons (Fsp3) is 0.200. The van der Waals surface area contributed by atoms with Gasteiger partial charge >= 0.3 is 0 Å². The Morgan fingerprint density at radius 3 is 2.68 bits per heavy atom. The van der Waals surface area contributed by atoms with E-state index in [1.807, 2.05) is 58.8 Å². The number of thiocarbonyl (C=S) groups is 1. The summed E-state index contributed by atoms with van der Waals surface area (Å²) in [7, 11) is 1.62. The van der Waals surface area contributed by atoms with Crippen molar-refractivity contribution in [1.82, 2.24) is 9.88 Å². The Morgan fingerprint density at radius 1 is 1.12 bits per heavy atom. The lowest BCUT2D eigenvalue weighted by molar-refractivity contribution is 0.172. The Balaban J connectivity index is 1.46. The van der Waals surface area contributed by atoms with Crippen LogP contribution in [0.4, 0.5) is 5.69 Å². The number of aromatic nitrogens is 1. The summed E-state index contributed by atoms with van der Waals surface area (Å²) in [6.45, 7) is 1.90. The quantitative estimate of drug-likeness (QED) is 0.375. The molecule has 5 rings (SSSR count). The maximum absolute atomic E-state index is 13.0. The number of thiophene rings is 1. The highest BCUT2D eigenvalue weighted by molar-refractivity contribution is 7.80. The lowest BCUT2D eigenvalue weighted by atomic mass is 10.1. The molecule has 174 valence electrons. The minimum Gasteiger partial charge on any atom is -0.495 e. The highest BCUT2D eigenvalue weighted by atomic mass is 32.1. The number of para-hydroxylation sites is 2. The molecule has 2 N–H and O–H groups in total. The monoisotopic (exact) mass is 493 g/mol. The lowest BCUT2D eigenvalue weighted by Gasteiger charge is -2.26. The molecule has 0 saturated heterocycles. The molecule has 0 unspecified atom stereocenters. The van der Waals surface area contributed by atoms with Crippen LogP contribution in [-0.4, -0.2) is 35.3 Å². The van der Waals surface area contributed by atoms with Crippen molar-refractivity contribution in [2.45, 2.75) is 13.1 Å². The third kappa shape index (κ3) is 4.71. The summed E-state index contributed by atoms with van der Waals surface area (Å²) in [5.41, 5.74) is 1.91. The Morgan fingerprint density at radius 2 is 1.91 bits per heavy atom. The lowest BCUT2D eigenvalue weighted by Crippen LogP contribution is -2.35. The molecule has 3 heterocycles. The second kappa shape index (κ2) is 9.74. The second-order valence-corrected chi connectivity index (χ2v) is 9.19. The Bertz CT molecular complexity index is 1380. The van der Waals surface area contributed by atoms with Crippen LogP contribution in [0.15, 0.2) is 64.8 Å². The molecule has 4 aromatic rings. The van der Waals surface area contributed by atoms with Crippen molar-refractivity contribution in [1.29, 1.82) is 0 Å². The van der Waals surface area contributed by atoms with Crippen LogP contribution in [0.2, 0.25) is 0 Å². The van der Waals surface area contributed by atoms with Crippen LogP contribution >= 0.6 is 23.6 Å². The molecule has 0 bridgehead atoms. The van der Waals surface area contributed by atoms with E-state index < -0.39 is 0 Å². The summed E-state index contributed by atoms with van der Waals surface area (Å²) >= 11 is 7.42. The number of rotatable bonds is 6. The molecule has 2 aromatic carbocycles. The highest BCUT2D eigenvalue weighted by Gasteiger charge is 2.18. The molecule has 0 amide bonds. The van der Waals surface area contributed by atoms with Gasteiger partial charge in [-0.05, 0) is 47.9 Å². The van der Waals surface area contributed by atoms with Gasteiger partial charge in [-0.25, -0.2) is 0 Å². The molecule has 34 heavy (non-hydrogen) atoms. The number of hydrogen-bond acceptors (Lipinski definition) is 6. The van der Waals surface area contributed by atoms with Crippen LogP contribution in [0.25, 0.3) is 10.9 Å². The minimum atomic E-state index is -0.166. The predicted octanol–water partition coefficient (Wildman–Crippen LogP) is 4.77. The molecule has 0 fully saturated rings. The first-order valence-electron chi connectivity index (χ1n) is 10.8. The van der Waals surface area contributed by atoms with Gasteiger partial charge in [0.1, 0.15) is 19.0 Å². The van der Waals surface area contributed by atoms with Crippen LogP contribution in [0, 0.1) is 0 Å². The predicted molar refractivity (Wildman–Crippen MR) is 138 cm³/mol. The normalized spacial score (nSPS) is 12.4. The average Bonchev–Trinajstić information content (AvgIpc) is 3.36. The fourth-order valence-corrected chi connectivity index (χ4v) is 4.80. The summed E-state index contributed by atoms with van der Waals surface area (Å²) in [6.07, 6.45) is 0. The number of pyridine rings is 1. The van der Waals surface area contributed by atoms with Crippen molar-refractivity contribution >= 4 is 45.3 Å². The van der Waals surface area contributed by atoms with Gasteiger partial charge in [-0.2, -0.15) is 0 Å². The summed E-state index contributed by atoms with van der Waals surface area (Å²) in [5.74, 6) is 2.01. The van der Waals surface area contributed by atoms with Gasteiger partial charge in [0.15, 0.2) is 16.6 Å². The van der Waals surface area contributed by atoms with Crippen LogP contribution < -0.4 is 25.1 Å². The highest BCUT2D eigenvalue weighted by Crippen LogP contribution is 2.34. The van der Waals surface area contributed by atoms with Crippen molar-refractivity contribution in [2.75, 3.05) is 25.6 Å². The van der Waals surface area contributed by atoms with Crippen molar-refractivity contribution < 1.29 is 14.2 Å². The van der Waals surface area contributed by atoms with Crippen LogP contribution in [0.1, 0.15) is 10.4 Å². The molecule has 7 nitrogen and oxygen atoms in total. The standard InChI is InChI=1S/C25H23N3O4S2/c1-30-21-7-3-2-6-19(21)27-25(33)28(15-18-5-4-10-34-18)14-17-11-16-12-22-23(32-9-8-31-22)13-20(16)26-24(17)29/h2-7,10-13H,8-9,14-15H2,1H3,(H,26,29)(H,27,33). The Labute approximate surface area is 205 Å². The van der Waals surface area contributed by atoms with Crippen molar-refractivity contribution in [3.8, 4) is 17.2 Å². The Hall–Kier alpha value is -3.56. The number of methoxy groups -OCH3 is 1. The maximum atomic E-state index is 13.0. The number of hydrogen-bond donors (Lipinski definition) is 2. The fourth-order valence-electron chi connectivity index (χ4n) is 3.84. The molecule has 2 aromatic heterocycles. The van der Waals surface area contributed by atoms with E-state index in [4.69, 9.17) is 26.4 Å². The van der Waals surface area contributed by atoms with Crippen LogP contribution in [0.3, 0.4) is 0 Å². The van der Waals surface area contributed by atoms with Gasteiger partial charge in [-0.15, -0.1) is 11.3 Å². The number of nitrogens with zero attached hydrogens (tertiary/aromatic N) is 1. The summed E-state index contributed by atoms with van der Waals surface area (Å²) in [4.78, 5) is 19.1. The Kier molecular flexibility index (Phi) is 6.37. The van der Waals surface area contributed by atoms with E-state index in [9.17, 15) is 4.79 Å². The first-order chi connectivity index (χ1) is 16.6. The van der Waals surface area contributed by atoms with Crippen LogP contribution in [0.5, 0.6) is 17.2 Å². The number of nitrogens with one attached hydrogen (secondary N) is 2. The van der Waals surface area contributed by atoms with Gasteiger partial charge in [0.05, 0.1) is 31.4 Å². The maximum Gasteiger partial charge on any atom is 0.253 e. The molecule has 0 atom stereocenters. The molecule has 1 aliphatic heterocycles. The first-order valence-corrected chi connectivity index (χ1v) is 12.1. The van der Waals surface area contributed by atoms with E-state index in [1.54, 1.807) is 18.4 Å². The molecule has 9 heteroatoms. The number of H-pyrrole nitrogens is 1. The van der Waals surface area contributed by atoms with E-state index in [2.05, 4.69) is 16.4 Å². The number of ether oxygens (including phenoxy) is 3. The topological polar surface area (TPSA) is 75.8 Å². The van der Waals surface area contributed by atoms with Gasteiger partial charge in [0.2, 0.25) is 0 Å². The van der Waals surface area contributed by atoms with E-state index in [-0.39, 0.29) is 5.56 Å². The number of benzene rings is 2. The smallest absolute Gasteiger partial charge is 0.253 e. The zero-order valence-electron chi connectivity index (χ0n) is 18.5. The van der Waals surface area contributed by atoms with Gasteiger partial charge in [0, 0.05) is 21.9 Å². The zero-order valence-corrected chi connectivity index (χ0v) is 20.1.